The van der Waals surface area contributed by atoms with Crippen molar-refractivity contribution in [1.82, 2.24) is 4.90 Å². The Bertz CT molecular complexity index is 694. The second-order valence-electron chi connectivity index (χ2n) is 6.79. The Morgan fingerprint density at radius 1 is 1.08 bits per heavy atom. The number of hydrogen-bond acceptors (Lipinski definition) is 2. The Labute approximate surface area is 151 Å². The summed E-state index contributed by atoms with van der Waals surface area (Å²) in [6.45, 7) is 11.4. The van der Waals surface area contributed by atoms with Gasteiger partial charge in [0.1, 0.15) is 5.75 Å². The molecule has 0 saturated carbocycles. The number of carbonyl (C=O) groups excluding carboxylic acids is 1. The van der Waals surface area contributed by atoms with E-state index in [0.717, 1.165) is 22.4 Å². The van der Waals surface area contributed by atoms with Crippen molar-refractivity contribution in [2.45, 2.75) is 53.2 Å². The molecule has 2 aromatic rings. The average molecular weight is 339 g/mol. The molecular formula is C22H29NO2. The third-order valence-corrected chi connectivity index (χ3v) is 4.35. The van der Waals surface area contributed by atoms with E-state index in [1.165, 1.54) is 0 Å². The van der Waals surface area contributed by atoms with Gasteiger partial charge in [-0.2, -0.15) is 0 Å². The van der Waals surface area contributed by atoms with Crippen molar-refractivity contribution >= 4 is 5.91 Å². The maximum atomic E-state index is 12.8. The first kappa shape index (κ1) is 19.0. The topological polar surface area (TPSA) is 29.5 Å². The highest BCUT2D eigenvalue weighted by Crippen LogP contribution is 2.28. The van der Waals surface area contributed by atoms with E-state index in [4.69, 9.17) is 4.74 Å². The minimum absolute atomic E-state index is 0.0163. The van der Waals surface area contributed by atoms with Gasteiger partial charge in [0.15, 0.2) is 6.10 Å². The van der Waals surface area contributed by atoms with E-state index >= 15 is 0 Å². The molecule has 25 heavy (non-hydrogen) atoms. The van der Waals surface area contributed by atoms with Crippen LogP contribution >= 0.6 is 0 Å². The van der Waals surface area contributed by atoms with Crippen molar-refractivity contribution in [2.24, 2.45) is 0 Å². The third kappa shape index (κ3) is 5.09. The summed E-state index contributed by atoms with van der Waals surface area (Å²) >= 11 is 0. The first-order chi connectivity index (χ1) is 11.9. The number of rotatable bonds is 7. The largest absolute Gasteiger partial charge is 0.481 e. The van der Waals surface area contributed by atoms with Gasteiger partial charge < -0.3 is 9.64 Å². The fourth-order valence-electron chi connectivity index (χ4n) is 2.87. The molecule has 0 aliphatic heterocycles. The van der Waals surface area contributed by atoms with Gasteiger partial charge in [0.25, 0.3) is 5.91 Å². The first-order valence-electron chi connectivity index (χ1n) is 9.02. The molecule has 0 heterocycles. The van der Waals surface area contributed by atoms with E-state index in [9.17, 15) is 4.79 Å². The van der Waals surface area contributed by atoms with Gasteiger partial charge in [0.2, 0.25) is 0 Å². The van der Waals surface area contributed by atoms with E-state index in [0.29, 0.717) is 19.0 Å². The van der Waals surface area contributed by atoms with Crippen molar-refractivity contribution in [2.75, 3.05) is 6.54 Å². The second-order valence-corrected chi connectivity index (χ2v) is 6.79. The van der Waals surface area contributed by atoms with Gasteiger partial charge >= 0.3 is 0 Å². The lowest BCUT2D eigenvalue weighted by Gasteiger charge is -2.26. The van der Waals surface area contributed by atoms with E-state index < -0.39 is 6.10 Å². The molecule has 0 radical (unpaired) electrons. The molecule has 0 aromatic heterocycles. The van der Waals surface area contributed by atoms with Crippen molar-refractivity contribution in [1.29, 1.82) is 0 Å². The normalized spacial score (nSPS) is 12.1. The number of nitrogens with zero attached hydrogens (tertiary/aromatic N) is 1. The molecule has 0 saturated heterocycles. The summed E-state index contributed by atoms with van der Waals surface area (Å²) in [4.78, 5) is 14.7. The molecule has 0 bridgehead atoms. The van der Waals surface area contributed by atoms with E-state index in [-0.39, 0.29) is 5.91 Å². The monoisotopic (exact) mass is 339 g/mol. The minimum atomic E-state index is -0.511. The van der Waals surface area contributed by atoms with E-state index in [2.05, 4.69) is 26.0 Å². The molecule has 0 N–H and O–H groups in total. The Morgan fingerprint density at radius 3 is 2.36 bits per heavy atom. The zero-order chi connectivity index (χ0) is 18.4. The van der Waals surface area contributed by atoms with Crippen LogP contribution in [0.2, 0.25) is 0 Å². The smallest absolute Gasteiger partial charge is 0.263 e. The molecule has 3 heteroatoms. The Morgan fingerprint density at radius 2 is 1.76 bits per heavy atom. The lowest BCUT2D eigenvalue weighted by atomic mass is 10.0. The Hall–Kier alpha value is -2.29. The lowest BCUT2D eigenvalue weighted by molar-refractivity contribution is -0.138. The fraction of sp³-hybridized carbons (Fsp3) is 0.409. The van der Waals surface area contributed by atoms with E-state index in [1.807, 2.05) is 62.1 Å². The number of carbonyl (C=O) groups is 1. The number of benzene rings is 2. The summed E-state index contributed by atoms with van der Waals surface area (Å²) in [5.41, 5.74) is 3.40. The van der Waals surface area contributed by atoms with Crippen LogP contribution in [0, 0.1) is 6.92 Å². The molecule has 3 nitrogen and oxygen atoms in total. The zero-order valence-corrected chi connectivity index (χ0v) is 16.0. The third-order valence-electron chi connectivity index (χ3n) is 4.35. The SMILES string of the molecule is CCN(Cc1ccccc1)C(=O)C(C)Oc1cc(C)ccc1C(C)C. The predicted molar refractivity (Wildman–Crippen MR) is 103 cm³/mol. The summed E-state index contributed by atoms with van der Waals surface area (Å²) in [7, 11) is 0. The molecule has 1 amide bonds. The number of aryl methyl sites for hydroxylation is 1. The second kappa shape index (κ2) is 8.70. The Kier molecular flexibility index (Phi) is 6.63. The number of hydrogen-bond donors (Lipinski definition) is 0. The molecule has 0 aliphatic rings. The standard InChI is InChI=1S/C22H29NO2/c1-6-23(15-19-10-8-7-9-11-19)22(24)18(5)25-21-14-17(4)12-13-20(21)16(2)3/h7-14,16,18H,6,15H2,1-5H3. The molecule has 0 aliphatic carbocycles. The van der Waals surface area contributed by atoms with Gasteiger partial charge in [-0.1, -0.05) is 56.3 Å². The maximum Gasteiger partial charge on any atom is 0.263 e. The van der Waals surface area contributed by atoms with Crippen LogP contribution in [0.25, 0.3) is 0 Å². The molecule has 0 fully saturated rings. The fourth-order valence-corrected chi connectivity index (χ4v) is 2.87. The quantitative estimate of drug-likeness (QED) is 0.715. The van der Waals surface area contributed by atoms with Crippen LogP contribution in [0.15, 0.2) is 48.5 Å². The van der Waals surface area contributed by atoms with E-state index in [1.54, 1.807) is 0 Å². The summed E-state index contributed by atoms with van der Waals surface area (Å²) in [5, 5.41) is 0. The maximum absolute atomic E-state index is 12.8. The van der Waals surface area contributed by atoms with Gasteiger partial charge in [-0.15, -0.1) is 0 Å². The highest BCUT2D eigenvalue weighted by Gasteiger charge is 2.22. The molecule has 2 aromatic carbocycles. The molecule has 1 unspecified atom stereocenters. The van der Waals surface area contributed by atoms with Gasteiger partial charge in [-0.3, -0.25) is 4.79 Å². The summed E-state index contributed by atoms with van der Waals surface area (Å²) in [6, 6.07) is 16.3. The van der Waals surface area contributed by atoms with Crippen LogP contribution < -0.4 is 4.74 Å². The van der Waals surface area contributed by atoms with Gasteiger partial charge in [-0.25, -0.2) is 0 Å². The molecule has 0 spiro atoms. The lowest BCUT2D eigenvalue weighted by Crippen LogP contribution is -2.40. The van der Waals surface area contributed by atoms with Crippen LogP contribution in [-0.2, 0) is 11.3 Å². The summed E-state index contributed by atoms with van der Waals surface area (Å²) in [5.74, 6) is 1.18. The Balaban J connectivity index is 2.12. The van der Waals surface area contributed by atoms with Crippen LogP contribution in [0.1, 0.15) is 50.3 Å². The van der Waals surface area contributed by atoms with Crippen molar-refractivity contribution in [3.8, 4) is 5.75 Å². The molecule has 1 atom stereocenters. The zero-order valence-electron chi connectivity index (χ0n) is 16.0. The van der Waals surface area contributed by atoms with Crippen molar-refractivity contribution in [3.63, 3.8) is 0 Å². The van der Waals surface area contributed by atoms with Crippen LogP contribution in [0.3, 0.4) is 0 Å². The number of likely N-dealkylation sites (N-methyl/N-ethyl adjacent to an activating group) is 1. The summed E-state index contributed by atoms with van der Waals surface area (Å²) in [6.07, 6.45) is -0.511. The minimum Gasteiger partial charge on any atom is -0.481 e. The van der Waals surface area contributed by atoms with Gasteiger partial charge in [0, 0.05) is 13.1 Å². The summed E-state index contributed by atoms with van der Waals surface area (Å²) < 4.78 is 6.08. The van der Waals surface area contributed by atoms with Gasteiger partial charge in [-0.05, 0) is 49.4 Å². The van der Waals surface area contributed by atoms with Gasteiger partial charge in [0.05, 0.1) is 0 Å². The van der Waals surface area contributed by atoms with Crippen LogP contribution in [0.5, 0.6) is 5.75 Å². The van der Waals surface area contributed by atoms with Crippen LogP contribution in [0.4, 0.5) is 0 Å². The first-order valence-corrected chi connectivity index (χ1v) is 9.02. The molecule has 134 valence electrons. The highest BCUT2D eigenvalue weighted by atomic mass is 16.5. The highest BCUT2D eigenvalue weighted by molar-refractivity contribution is 5.81. The number of ether oxygens (including phenoxy) is 1. The molecule has 2 rings (SSSR count). The average Bonchev–Trinajstić information content (AvgIpc) is 2.59. The number of amides is 1. The molecular weight excluding hydrogens is 310 g/mol. The van der Waals surface area contributed by atoms with Crippen molar-refractivity contribution in [3.05, 3.63) is 65.2 Å². The predicted octanol–water partition coefficient (Wildman–Crippen LogP) is 4.93. The van der Waals surface area contributed by atoms with Crippen molar-refractivity contribution < 1.29 is 9.53 Å². The van der Waals surface area contributed by atoms with Crippen LogP contribution in [-0.4, -0.2) is 23.5 Å².